The molecule has 1 atom stereocenters. The summed E-state index contributed by atoms with van der Waals surface area (Å²) in [6.45, 7) is 3.50. The zero-order valence-electron chi connectivity index (χ0n) is 15.7. The second-order valence-electron chi connectivity index (χ2n) is 7.13. The third kappa shape index (κ3) is 3.80. The number of halogens is 1. The first-order valence-corrected chi connectivity index (χ1v) is 10.4. The van der Waals surface area contributed by atoms with Gasteiger partial charge in [-0.1, -0.05) is 22.4 Å². The first-order valence-electron chi connectivity index (χ1n) is 9.58. The van der Waals surface area contributed by atoms with Crippen LogP contribution in [0.3, 0.4) is 0 Å². The molecule has 9 heteroatoms. The summed E-state index contributed by atoms with van der Waals surface area (Å²) in [7, 11) is 0. The lowest BCUT2D eigenvalue weighted by molar-refractivity contribution is -0.122. The minimum atomic E-state index is -0.270. The standard InChI is InChI=1S/C19H23BrN4O4/c1-12(13-9-15-16(10-14(13)20)28-8-7-27-15)21-18(25)11-24-19(26)23-6-4-2-3-5-17(23)22-24/h9-10,12H,2-8,11H2,1H3,(H,21,25). The van der Waals surface area contributed by atoms with Crippen LogP contribution in [0.2, 0.25) is 0 Å². The van der Waals surface area contributed by atoms with Crippen molar-refractivity contribution in [2.24, 2.45) is 0 Å². The number of aromatic nitrogens is 3. The Morgan fingerprint density at radius 3 is 2.79 bits per heavy atom. The fourth-order valence-electron chi connectivity index (χ4n) is 3.64. The lowest BCUT2D eigenvalue weighted by Crippen LogP contribution is -2.35. The molecule has 1 amide bonds. The van der Waals surface area contributed by atoms with Crippen molar-refractivity contribution in [3.05, 3.63) is 38.5 Å². The predicted octanol–water partition coefficient (Wildman–Crippen LogP) is 2.18. The van der Waals surface area contributed by atoms with E-state index >= 15 is 0 Å². The molecule has 0 aliphatic carbocycles. The van der Waals surface area contributed by atoms with E-state index in [2.05, 4.69) is 26.3 Å². The number of nitrogens with zero attached hydrogens (tertiary/aromatic N) is 3. The molecule has 1 aromatic heterocycles. The number of aryl methyl sites for hydroxylation is 1. The Morgan fingerprint density at radius 2 is 2.00 bits per heavy atom. The Kier molecular flexibility index (Phi) is 5.43. The molecule has 28 heavy (non-hydrogen) atoms. The van der Waals surface area contributed by atoms with Crippen LogP contribution in [0.5, 0.6) is 11.5 Å². The molecular formula is C19H23BrN4O4. The molecular weight excluding hydrogens is 428 g/mol. The van der Waals surface area contributed by atoms with Crippen LogP contribution >= 0.6 is 15.9 Å². The number of ether oxygens (including phenoxy) is 2. The summed E-state index contributed by atoms with van der Waals surface area (Å²) < 4.78 is 15.0. The zero-order valence-corrected chi connectivity index (χ0v) is 17.3. The molecule has 3 heterocycles. The van der Waals surface area contributed by atoms with E-state index < -0.39 is 0 Å². The van der Waals surface area contributed by atoms with E-state index in [1.807, 2.05) is 19.1 Å². The van der Waals surface area contributed by atoms with Gasteiger partial charge in [-0.05, 0) is 37.5 Å². The summed E-state index contributed by atoms with van der Waals surface area (Å²) in [5.41, 5.74) is 0.672. The number of benzene rings is 1. The van der Waals surface area contributed by atoms with Gasteiger partial charge in [0.15, 0.2) is 11.5 Å². The Morgan fingerprint density at radius 1 is 1.25 bits per heavy atom. The second kappa shape index (κ2) is 7.98. The van der Waals surface area contributed by atoms with Crippen molar-refractivity contribution in [2.75, 3.05) is 13.2 Å². The Bertz CT molecular complexity index is 952. The van der Waals surface area contributed by atoms with Gasteiger partial charge in [0.2, 0.25) is 5.91 Å². The molecule has 0 saturated heterocycles. The molecule has 0 bridgehead atoms. The average molecular weight is 451 g/mol. The molecule has 0 fully saturated rings. The van der Waals surface area contributed by atoms with Gasteiger partial charge in [-0.15, -0.1) is 0 Å². The minimum absolute atomic E-state index is 0.0919. The largest absolute Gasteiger partial charge is 0.486 e. The summed E-state index contributed by atoms with van der Waals surface area (Å²) >= 11 is 3.53. The van der Waals surface area contributed by atoms with E-state index in [-0.39, 0.29) is 24.2 Å². The minimum Gasteiger partial charge on any atom is -0.486 e. The fraction of sp³-hybridized carbons (Fsp3) is 0.526. The number of rotatable bonds is 4. The van der Waals surface area contributed by atoms with Crippen LogP contribution in [-0.4, -0.2) is 33.5 Å². The van der Waals surface area contributed by atoms with E-state index in [0.717, 1.165) is 41.5 Å². The van der Waals surface area contributed by atoms with Gasteiger partial charge in [0.05, 0.1) is 6.04 Å². The highest BCUT2D eigenvalue weighted by Gasteiger charge is 2.21. The first-order chi connectivity index (χ1) is 13.5. The van der Waals surface area contributed by atoms with E-state index in [1.165, 1.54) is 4.68 Å². The van der Waals surface area contributed by atoms with E-state index in [0.29, 0.717) is 31.3 Å². The summed E-state index contributed by atoms with van der Waals surface area (Å²) in [5, 5.41) is 7.30. The number of hydrogen-bond donors (Lipinski definition) is 1. The molecule has 0 spiro atoms. The molecule has 150 valence electrons. The van der Waals surface area contributed by atoms with Crippen molar-refractivity contribution in [3.8, 4) is 11.5 Å². The van der Waals surface area contributed by atoms with Gasteiger partial charge in [-0.25, -0.2) is 9.48 Å². The number of carbonyl (C=O) groups is 1. The Labute approximate surface area is 170 Å². The molecule has 2 aliphatic heterocycles. The lowest BCUT2D eigenvalue weighted by Gasteiger charge is -2.22. The van der Waals surface area contributed by atoms with Crippen LogP contribution < -0.4 is 20.5 Å². The van der Waals surface area contributed by atoms with Gasteiger partial charge < -0.3 is 14.8 Å². The number of amides is 1. The van der Waals surface area contributed by atoms with Gasteiger partial charge in [0.1, 0.15) is 25.6 Å². The summed E-state index contributed by atoms with van der Waals surface area (Å²) in [6, 6.07) is 3.45. The van der Waals surface area contributed by atoms with Gasteiger partial charge in [0, 0.05) is 17.4 Å². The quantitative estimate of drug-likeness (QED) is 0.770. The average Bonchev–Trinajstić information content (AvgIpc) is 2.84. The van der Waals surface area contributed by atoms with E-state index in [4.69, 9.17) is 9.47 Å². The van der Waals surface area contributed by atoms with Crippen LogP contribution in [0, 0.1) is 0 Å². The van der Waals surface area contributed by atoms with Crippen molar-refractivity contribution in [3.63, 3.8) is 0 Å². The predicted molar refractivity (Wildman–Crippen MR) is 106 cm³/mol. The van der Waals surface area contributed by atoms with Crippen LogP contribution in [0.15, 0.2) is 21.4 Å². The monoisotopic (exact) mass is 450 g/mol. The SMILES string of the molecule is CC(NC(=O)Cn1nc2n(c1=O)CCCCC2)c1cc2c(cc1Br)OCCO2. The fourth-order valence-corrected chi connectivity index (χ4v) is 4.31. The third-order valence-electron chi connectivity index (χ3n) is 5.08. The highest BCUT2D eigenvalue weighted by atomic mass is 79.9. The highest BCUT2D eigenvalue weighted by molar-refractivity contribution is 9.10. The van der Waals surface area contributed by atoms with Gasteiger partial charge >= 0.3 is 5.69 Å². The van der Waals surface area contributed by atoms with Crippen molar-refractivity contribution in [2.45, 2.75) is 51.7 Å². The third-order valence-corrected chi connectivity index (χ3v) is 5.77. The van der Waals surface area contributed by atoms with Crippen LogP contribution in [0.1, 0.15) is 43.6 Å². The number of carbonyl (C=O) groups excluding carboxylic acids is 1. The zero-order chi connectivity index (χ0) is 19.7. The maximum atomic E-state index is 12.5. The molecule has 1 aromatic carbocycles. The number of hydrogen-bond acceptors (Lipinski definition) is 5. The topological polar surface area (TPSA) is 87.4 Å². The van der Waals surface area contributed by atoms with Gasteiger partial charge in [-0.2, -0.15) is 5.10 Å². The van der Waals surface area contributed by atoms with Crippen LogP contribution in [0.25, 0.3) is 0 Å². The van der Waals surface area contributed by atoms with Crippen molar-refractivity contribution in [1.29, 1.82) is 0 Å². The normalized spacial score (nSPS) is 16.8. The van der Waals surface area contributed by atoms with Crippen LogP contribution in [0.4, 0.5) is 0 Å². The van der Waals surface area contributed by atoms with Crippen LogP contribution in [-0.2, 0) is 24.3 Å². The van der Waals surface area contributed by atoms with Crippen molar-refractivity contribution >= 4 is 21.8 Å². The Balaban J connectivity index is 1.46. The van der Waals surface area contributed by atoms with Crippen molar-refractivity contribution < 1.29 is 14.3 Å². The number of nitrogens with one attached hydrogen (secondary N) is 1. The molecule has 0 radical (unpaired) electrons. The second-order valence-corrected chi connectivity index (χ2v) is 7.98. The summed E-state index contributed by atoms with van der Waals surface area (Å²) in [4.78, 5) is 25.1. The van der Waals surface area contributed by atoms with Gasteiger partial charge in [-0.3, -0.25) is 9.36 Å². The molecule has 2 aliphatic rings. The smallest absolute Gasteiger partial charge is 0.346 e. The van der Waals surface area contributed by atoms with E-state index in [1.54, 1.807) is 4.57 Å². The molecule has 1 unspecified atom stereocenters. The first kappa shape index (κ1) is 19.0. The van der Waals surface area contributed by atoms with Gasteiger partial charge in [0.25, 0.3) is 0 Å². The summed E-state index contributed by atoms with van der Waals surface area (Å²) in [5.74, 6) is 1.87. The van der Waals surface area contributed by atoms with E-state index in [9.17, 15) is 9.59 Å². The molecule has 1 N–H and O–H groups in total. The molecule has 2 aromatic rings. The molecule has 4 rings (SSSR count). The van der Waals surface area contributed by atoms with Crippen molar-refractivity contribution in [1.82, 2.24) is 19.7 Å². The Hall–Kier alpha value is -2.29. The molecule has 8 nitrogen and oxygen atoms in total. The lowest BCUT2D eigenvalue weighted by atomic mass is 10.1. The number of fused-ring (bicyclic) bond motifs is 2. The summed E-state index contributed by atoms with van der Waals surface area (Å²) in [6.07, 6.45) is 3.88. The maximum absolute atomic E-state index is 12.5. The molecule has 0 saturated carbocycles. The highest BCUT2D eigenvalue weighted by Crippen LogP contribution is 2.37. The maximum Gasteiger partial charge on any atom is 0.346 e.